The summed E-state index contributed by atoms with van der Waals surface area (Å²) in [5, 5.41) is 8.93. The summed E-state index contributed by atoms with van der Waals surface area (Å²) in [6, 6.07) is 0. The minimum atomic E-state index is -0.722. The van der Waals surface area contributed by atoms with Gasteiger partial charge in [0, 0.05) is 0 Å². The van der Waals surface area contributed by atoms with Crippen molar-refractivity contribution in [3.05, 3.63) is 48.1 Å². The van der Waals surface area contributed by atoms with Crippen LogP contribution in [0.2, 0.25) is 0 Å². The van der Waals surface area contributed by atoms with E-state index in [2.05, 4.69) is 42.5 Å². The smallest absolute Gasteiger partial charge is 0.307 e. The van der Waals surface area contributed by atoms with E-state index >= 15 is 0 Å². The van der Waals surface area contributed by atoms with Crippen molar-refractivity contribution in [3.63, 3.8) is 0 Å². The summed E-state index contributed by atoms with van der Waals surface area (Å²) in [6.45, 7) is 0. The van der Waals surface area contributed by atoms with Gasteiger partial charge in [-0.05, 0) is 51.4 Å². The van der Waals surface area contributed by atoms with Gasteiger partial charge in [-0.2, -0.15) is 0 Å². The van der Waals surface area contributed by atoms with Crippen LogP contribution < -0.4 is 0 Å². The van der Waals surface area contributed by atoms with Crippen LogP contribution in [0, 0.1) is 0 Å². The van der Waals surface area contributed by atoms with Gasteiger partial charge >= 0.3 is 5.97 Å². The first kappa shape index (κ1) is 16.5. The Balaban J connectivity index is 2.53. The average Bonchev–Trinajstić information content (AvgIpc) is 2.40. The number of carboxylic acids is 1. The van der Waals surface area contributed by atoms with Crippen molar-refractivity contribution in [3.8, 4) is 0 Å². The first-order chi connectivity index (χ1) is 9.79. The molecular weight excluding hydrogens is 248 g/mol. The lowest BCUT2D eigenvalue weighted by molar-refractivity contribution is -0.136. The second-order valence-corrected chi connectivity index (χ2v) is 5.14. The SMILES string of the molecule is O=C(O)C/C1=C/CCCC/C=C\C/C=C\C/C=C\CC1. The van der Waals surface area contributed by atoms with E-state index in [0.717, 1.165) is 50.5 Å². The fourth-order valence-electron chi connectivity index (χ4n) is 2.22. The zero-order valence-corrected chi connectivity index (χ0v) is 12.3. The Bertz CT molecular complexity index is 386. The number of carboxylic acid groups (broad SMARTS) is 1. The Morgan fingerprint density at radius 2 is 1.50 bits per heavy atom. The molecule has 1 rings (SSSR count). The van der Waals surface area contributed by atoms with Crippen LogP contribution in [0.3, 0.4) is 0 Å². The number of hydrogen-bond acceptors (Lipinski definition) is 1. The fourth-order valence-corrected chi connectivity index (χ4v) is 2.22. The van der Waals surface area contributed by atoms with Crippen molar-refractivity contribution >= 4 is 5.97 Å². The molecule has 0 atom stereocenters. The summed E-state index contributed by atoms with van der Waals surface area (Å²) < 4.78 is 0. The highest BCUT2D eigenvalue weighted by Crippen LogP contribution is 2.14. The predicted molar refractivity (Wildman–Crippen MR) is 84.7 cm³/mol. The summed E-state index contributed by atoms with van der Waals surface area (Å²) in [5.41, 5.74) is 1.07. The maximum Gasteiger partial charge on any atom is 0.307 e. The van der Waals surface area contributed by atoms with Gasteiger partial charge in [0.1, 0.15) is 0 Å². The van der Waals surface area contributed by atoms with Gasteiger partial charge < -0.3 is 5.11 Å². The first-order valence-corrected chi connectivity index (χ1v) is 7.63. The Hall–Kier alpha value is -1.57. The normalized spacial score (nSPS) is 26.1. The molecule has 0 amide bonds. The van der Waals surface area contributed by atoms with Crippen LogP contribution in [-0.2, 0) is 4.79 Å². The highest BCUT2D eigenvalue weighted by atomic mass is 16.4. The van der Waals surface area contributed by atoms with Crippen LogP contribution in [0.5, 0.6) is 0 Å². The topological polar surface area (TPSA) is 37.3 Å². The quantitative estimate of drug-likeness (QED) is 0.703. The third-order valence-electron chi connectivity index (χ3n) is 3.31. The molecule has 110 valence electrons. The first-order valence-electron chi connectivity index (χ1n) is 7.63. The molecule has 1 N–H and O–H groups in total. The Kier molecular flexibility index (Phi) is 9.29. The molecule has 0 fully saturated rings. The maximum absolute atomic E-state index is 10.8. The highest BCUT2D eigenvalue weighted by Gasteiger charge is 2.02. The Morgan fingerprint density at radius 3 is 2.20 bits per heavy atom. The van der Waals surface area contributed by atoms with Gasteiger partial charge in [0.2, 0.25) is 0 Å². The van der Waals surface area contributed by atoms with Crippen LogP contribution >= 0.6 is 0 Å². The van der Waals surface area contributed by atoms with E-state index in [-0.39, 0.29) is 6.42 Å². The second-order valence-electron chi connectivity index (χ2n) is 5.14. The summed E-state index contributed by atoms with van der Waals surface area (Å²) >= 11 is 0. The van der Waals surface area contributed by atoms with E-state index in [1.807, 2.05) is 0 Å². The molecule has 1 aliphatic rings. The number of aliphatic carboxylic acids is 1. The number of hydrogen-bond donors (Lipinski definition) is 1. The van der Waals surface area contributed by atoms with Crippen LogP contribution in [0.15, 0.2) is 48.1 Å². The molecular formula is C18H26O2. The summed E-state index contributed by atoms with van der Waals surface area (Å²) in [5.74, 6) is -0.722. The second kappa shape index (κ2) is 11.3. The van der Waals surface area contributed by atoms with E-state index in [9.17, 15) is 4.79 Å². The number of allylic oxidation sites excluding steroid dienone is 7. The molecule has 0 saturated heterocycles. The highest BCUT2D eigenvalue weighted by molar-refractivity contribution is 5.69. The third kappa shape index (κ3) is 9.37. The van der Waals surface area contributed by atoms with Crippen LogP contribution in [0.4, 0.5) is 0 Å². The van der Waals surface area contributed by atoms with Gasteiger partial charge in [0.15, 0.2) is 0 Å². The van der Waals surface area contributed by atoms with Gasteiger partial charge in [0.25, 0.3) is 0 Å². The molecule has 1 aliphatic carbocycles. The molecule has 0 aliphatic heterocycles. The summed E-state index contributed by atoms with van der Waals surface area (Å²) in [4.78, 5) is 10.8. The molecule has 0 aromatic heterocycles. The van der Waals surface area contributed by atoms with E-state index in [1.165, 1.54) is 6.42 Å². The molecule has 0 spiro atoms. The molecule has 2 nitrogen and oxygen atoms in total. The molecule has 0 aromatic carbocycles. The van der Waals surface area contributed by atoms with Gasteiger partial charge in [-0.25, -0.2) is 0 Å². The molecule has 0 bridgehead atoms. The molecule has 0 unspecified atom stereocenters. The van der Waals surface area contributed by atoms with Crippen LogP contribution in [0.1, 0.15) is 57.8 Å². The van der Waals surface area contributed by atoms with Gasteiger partial charge in [-0.3, -0.25) is 4.79 Å². The molecule has 0 radical (unpaired) electrons. The molecule has 0 heterocycles. The summed E-state index contributed by atoms with van der Waals surface area (Å²) in [7, 11) is 0. The predicted octanol–water partition coefficient (Wildman–Crippen LogP) is 5.19. The monoisotopic (exact) mass is 274 g/mol. The van der Waals surface area contributed by atoms with Crippen molar-refractivity contribution in [2.24, 2.45) is 0 Å². The lowest BCUT2D eigenvalue weighted by Crippen LogP contribution is -1.97. The van der Waals surface area contributed by atoms with Crippen molar-refractivity contribution < 1.29 is 9.90 Å². The molecule has 2 heteroatoms. The molecule has 20 heavy (non-hydrogen) atoms. The molecule has 0 saturated carbocycles. The van der Waals surface area contributed by atoms with Crippen molar-refractivity contribution in [2.75, 3.05) is 0 Å². The minimum absolute atomic E-state index is 0.188. The van der Waals surface area contributed by atoms with Crippen LogP contribution in [0.25, 0.3) is 0 Å². The van der Waals surface area contributed by atoms with Crippen LogP contribution in [-0.4, -0.2) is 11.1 Å². The number of carbonyl (C=O) groups is 1. The Morgan fingerprint density at radius 1 is 0.900 bits per heavy atom. The van der Waals surface area contributed by atoms with Crippen molar-refractivity contribution in [1.29, 1.82) is 0 Å². The lowest BCUT2D eigenvalue weighted by atomic mass is 10.0. The van der Waals surface area contributed by atoms with Gasteiger partial charge in [-0.1, -0.05) is 48.1 Å². The summed E-state index contributed by atoms with van der Waals surface area (Å²) in [6.07, 6.45) is 23.7. The van der Waals surface area contributed by atoms with E-state index < -0.39 is 5.97 Å². The molecule has 0 aromatic rings. The Labute approximate surface area is 122 Å². The van der Waals surface area contributed by atoms with Gasteiger partial charge in [-0.15, -0.1) is 0 Å². The lowest BCUT2D eigenvalue weighted by Gasteiger charge is -2.03. The number of rotatable bonds is 2. The van der Waals surface area contributed by atoms with Crippen molar-refractivity contribution in [2.45, 2.75) is 57.8 Å². The third-order valence-corrected chi connectivity index (χ3v) is 3.31. The van der Waals surface area contributed by atoms with E-state index in [1.54, 1.807) is 0 Å². The van der Waals surface area contributed by atoms with E-state index in [0.29, 0.717) is 0 Å². The van der Waals surface area contributed by atoms with Crippen molar-refractivity contribution in [1.82, 2.24) is 0 Å². The largest absolute Gasteiger partial charge is 0.481 e. The zero-order valence-electron chi connectivity index (χ0n) is 12.3. The zero-order chi connectivity index (χ0) is 14.5. The van der Waals surface area contributed by atoms with E-state index in [4.69, 9.17) is 5.11 Å². The van der Waals surface area contributed by atoms with Gasteiger partial charge in [0.05, 0.1) is 6.42 Å². The standard InChI is InChI=1S/C18H26O2/c19-18(20)16-17-14-12-10-8-6-4-2-1-3-5-7-9-11-13-15-17/h2-5,8,10,15H,1,6-7,9,11-14,16H2,(H,19,20)/b4-2-,5-3-,10-8-,17-15+. The maximum atomic E-state index is 10.8. The average molecular weight is 274 g/mol. The fraction of sp³-hybridized carbons (Fsp3) is 0.500. The minimum Gasteiger partial charge on any atom is -0.481 e.